The van der Waals surface area contributed by atoms with Gasteiger partial charge in [0.25, 0.3) is 5.91 Å². The van der Waals surface area contributed by atoms with Crippen LogP contribution in [0.1, 0.15) is 116 Å². The standard InChI is InChI=1S/C65H77F2N9O8/c1-7-48-52(66)15-10-43-32-47(83-40-81-6)34-51(55(43)48)49-13-14-50-57(56(49)67)69-60(70-58(50)74-36-45-11-12-46(37-74)76(45)62(80)84-63(3,4)5)82-39-65(21-22-65)38-72-30-28-71(29-31-72)35-42-16-19-64(20-17-42)23-26-73(27-24-64)59(78)44-9-8-41(2)53(33-44)75-25-18-54(77)68-61(75)79/h1,8-10,13-15,32-34,42,45-46H,11-12,16-31,35-40H2,2-6H3,(H,68,77,79)/i35D2. The molecule has 84 heavy (non-hydrogen) atoms. The third-order valence-electron chi connectivity index (χ3n) is 18.7. The van der Waals surface area contributed by atoms with Gasteiger partial charge in [-0.1, -0.05) is 24.1 Å². The molecule has 19 heteroatoms. The van der Waals surface area contributed by atoms with E-state index in [0.717, 1.165) is 76.3 Å². The molecule has 7 fully saturated rings. The van der Waals surface area contributed by atoms with Crippen molar-refractivity contribution in [3.8, 4) is 35.2 Å². The molecule has 1 aromatic heterocycles. The Balaban J connectivity index is 0.707. The van der Waals surface area contributed by atoms with Crippen LogP contribution in [0.5, 0.6) is 11.8 Å². The maximum Gasteiger partial charge on any atom is 0.410 e. The van der Waals surface area contributed by atoms with Gasteiger partial charge in [-0.2, -0.15) is 9.97 Å². The number of halogens is 2. The number of hydrogen-bond donors (Lipinski definition) is 1. The molecule has 1 spiro atoms. The Morgan fingerprint density at radius 2 is 1.57 bits per heavy atom. The summed E-state index contributed by atoms with van der Waals surface area (Å²) in [4.78, 5) is 73.5. The van der Waals surface area contributed by atoms with Crippen LogP contribution in [0.4, 0.5) is 29.9 Å². The molecule has 444 valence electrons. The number of nitrogens with one attached hydrogen (secondary N) is 1. The van der Waals surface area contributed by atoms with Crippen LogP contribution >= 0.6 is 0 Å². The lowest BCUT2D eigenvalue weighted by Crippen LogP contribution is -2.57. The average Bonchev–Trinajstić information content (AvgIpc) is 1.48. The van der Waals surface area contributed by atoms with E-state index in [1.165, 1.54) is 18.1 Å². The van der Waals surface area contributed by atoms with Crippen LogP contribution in [-0.2, 0) is 14.3 Å². The topological polar surface area (TPSA) is 162 Å². The molecule has 4 aromatic carbocycles. The van der Waals surface area contributed by atoms with Gasteiger partial charge < -0.3 is 38.5 Å². The van der Waals surface area contributed by atoms with E-state index in [9.17, 15) is 21.9 Å². The second kappa shape index (κ2) is 23.0. The number of piperazine rings is 2. The normalized spacial score (nSPS) is 22.5. The van der Waals surface area contributed by atoms with Crippen molar-refractivity contribution >= 4 is 57.1 Å². The number of fused-ring (bicyclic) bond motifs is 4. The first-order valence-electron chi connectivity index (χ1n) is 30.9. The zero-order chi connectivity index (χ0) is 60.5. The minimum absolute atomic E-state index is 0.0103. The molecule has 2 aliphatic carbocycles. The van der Waals surface area contributed by atoms with Crippen molar-refractivity contribution in [2.75, 3.05) is 102 Å². The second-order valence-corrected chi connectivity index (χ2v) is 25.5. The predicted octanol–water partition coefficient (Wildman–Crippen LogP) is 9.92. The minimum atomic E-state index is -1.47. The lowest BCUT2D eigenvalue weighted by atomic mass is 9.65. The molecular formula is C65H77F2N9O8. The summed E-state index contributed by atoms with van der Waals surface area (Å²) in [7, 11) is 1.50. The van der Waals surface area contributed by atoms with Crippen molar-refractivity contribution in [3.05, 3.63) is 82.9 Å². The van der Waals surface area contributed by atoms with E-state index in [4.69, 9.17) is 35.3 Å². The first-order valence-corrected chi connectivity index (χ1v) is 29.9. The molecule has 17 nitrogen and oxygen atoms in total. The Morgan fingerprint density at radius 3 is 2.25 bits per heavy atom. The number of nitrogens with zero attached hydrogens (tertiary/aromatic N) is 8. The zero-order valence-electron chi connectivity index (χ0n) is 50.9. The monoisotopic (exact) mass is 1150 g/mol. The van der Waals surface area contributed by atoms with Crippen LogP contribution in [-0.4, -0.2) is 164 Å². The number of ether oxygens (including phenoxy) is 4. The Labute approximate surface area is 493 Å². The van der Waals surface area contributed by atoms with Gasteiger partial charge in [0, 0.05) is 121 Å². The maximum absolute atomic E-state index is 17.8. The van der Waals surface area contributed by atoms with E-state index in [-0.39, 0.29) is 95.8 Å². The Hall–Kier alpha value is -7.14. The number of benzene rings is 4. The highest BCUT2D eigenvalue weighted by molar-refractivity contribution is 6.07. The van der Waals surface area contributed by atoms with Crippen LogP contribution < -0.4 is 24.6 Å². The number of amides is 5. The zero-order valence-corrected chi connectivity index (χ0v) is 48.9. The van der Waals surface area contributed by atoms with E-state index in [0.29, 0.717) is 96.9 Å². The number of urea groups is 1. The largest absolute Gasteiger partial charge is 0.468 e. The van der Waals surface area contributed by atoms with Crippen LogP contribution in [0, 0.1) is 47.6 Å². The van der Waals surface area contributed by atoms with Gasteiger partial charge in [0.1, 0.15) is 28.5 Å². The van der Waals surface area contributed by atoms with Crippen LogP contribution in [0.25, 0.3) is 32.8 Å². The predicted molar refractivity (Wildman–Crippen MR) is 316 cm³/mol. The van der Waals surface area contributed by atoms with E-state index in [1.54, 1.807) is 42.5 Å². The Bertz CT molecular complexity index is 3510. The number of methoxy groups -OCH3 is 1. The van der Waals surface area contributed by atoms with Crippen LogP contribution in [0.2, 0.25) is 0 Å². The molecule has 2 unspecified atom stereocenters. The van der Waals surface area contributed by atoms with Crippen molar-refractivity contribution in [2.45, 2.75) is 116 Å². The molecule has 5 amide bonds. The summed E-state index contributed by atoms with van der Waals surface area (Å²) in [5.74, 6) is 1.57. The van der Waals surface area contributed by atoms with Crippen LogP contribution in [0.15, 0.2) is 54.6 Å². The summed E-state index contributed by atoms with van der Waals surface area (Å²) >= 11 is 0. The number of carbonyl (C=O) groups is 4. The first kappa shape index (κ1) is 54.8. The summed E-state index contributed by atoms with van der Waals surface area (Å²) in [5.41, 5.74) is 1.65. The number of imide groups is 1. The minimum Gasteiger partial charge on any atom is -0.468 e. The first-order chi connectivity index (χ1) is 41.1. The SMILES string of the molecule is [2H]C([2H])(C1CCC2(CC1)CCN(C(=O)c1ccc(C)c(N3CCC(=O)NC3=O)c1)CC2)N1CCN(CC2(COc3nc(N4CC5CCC(C4)N5C(=O)OC(C)(C)C)c4ccc(-c5cc(OCOC)cc6ccc(F)c(C#C)c56)c(F)c4n3)CC2)CC1. The number of likely N-dealkylation sites (tertiary alicyclic amines) is 1. The van der Waals surface area contributed by atoms with Crippen molar-refractivity contribution in [2.24, 2.45) is 16.7 Å². The third-order valence-corrected chi connectivity index (χ3v) is 18.7. The highest BCUT2D eigenvalue weighted by Crippen LogP contribution is 2.49. The molecule has 2 saturated carbocycles. The maximum atomic E-state index is 17.8. The highest BCUT2D eigenvalue weighted by Gasteiger charge is 2.48. The Morgan fingerprint density at radius 1 is 0.845 bits per heavy atom. The molecule has 12 rings (SSSR count). The van der Waals surface area contributed by atoms with Crippen molar-refractivity contribution in [3.63, 3.8) is 0 Å². The lowest BCUT2D eigenvalue weighted by molar-refractivity contribution is -0.120. The third kappa shape index (κ3) is 11.7. The molecule has 6 heterocycles. The van der Waals surface area contributed by atoms with E-state index < -0.39 is 29.8 Å². The number of carbonyl (C=O) groups excluding carboxylic acids is 4. The molecule has 2 atom stereocenters. The summed E-state index contributed by atoms with van der Waals surface area (Å²) < 4.78 is 75.7. The van der Waals surface area contributed by atoms with Crippen molar-refractivity contribution in [1.82, 2.24) is 34.9 Å². The van der Waals surface area contributed by atoms with Crippen molar-refractivity contribution < 1.29 is 49.6 Å². The number of aryl methyl sites for hydroxylation is 1. The molecule has 7 aliphatic rings. The summed E-state index contributed by atoms with van der Waals surface area (Å²) in [6.07, 6.45) is 14.3. The van der Waals surface area contributed by atoms with E-state index in [2.05, 4.69) is 21.0 Å². The number of hydrogen-bond acceptors (Lipinski definition) is 13. The van der Waals surface area contributed by atoms with Gasteiger partial charge in [-0.15, -0.1) is 6.42 Å². The van der Waals surface area contributed by atoms with E-state index in [1.807, 2.05) is 48.5 Å². The molecule has 5 saturated heterocycles. The number of anilines is 2. The second-order valence-electron chi connectivity index (χ2n) is 25.5. The smallest absolute Gasteiger partial charge is 0.410 e. The van der Waals surface area contributed by atoms with Gasteiger partial charge in [0.2, 0.25) is 5.91 Å². The fraction of sp³-hybridized carbons (Fsp3) is 0.538. The number of piperidine rings is 1. The van der Waals surface area contributed by atoms with Crippen LogP contribution in [0.3, 0.4) is 0 Å². The summed E-state index contributed by atoms with van der Waals surface area (Å²) in [5, 5.41) is 3.72. The molecule has 0 radical (unpaired) electrons. The van der Waals surface area contributed by atoms with Gasteiger partial charge in [0.15, 0.2) is 12.6 Å². The summed E-state index contributed by atoms with van der Waals surface area (Å²) in [6, 6.07) is 14.3. The average molecular weight is 1150 g/mol. The Kier molecular flexibility index (Phi) is 15.0. The van der Waals surface area contributed by atoms with E-state index >= 15 is 8.78 Å². The molecular weight excluding hydrogens is 1070 g/mol. The molecule has 5 aliphatic heterocycles. The van der Waals surface area contributed by atoms with Crippen molar-refractivity contribution in [1.29, 1.82) is 0 Å². The highest BCUT2D eigenvalue weighted by atomic mass is 19.1. The van der Waals surface area contributed by atoms with Gasteiger partial charge in [-0.25, -0.2) is 18.4 Å². The van der Waals surface area contributed by atoms with Gasteiger partial charge in [0.05, 0.1) is 24.3 Å². The van der Waals surface area contributed by atoms with Gasteiger partial charge >= 0.3 is 18.1 Å². The molecule has 2 bridgehead atoms. The number of terminal acetylenes is 1. The number of rotatable bonds is 14. The molecule has 1 N–H and O–H groups in total. The quantitative estimate of drug-likeness (QED) is 0.0827. The number of aromatic nitrogens is 2. The fourth-order valence-corrected chi connectivity index (χ4v) is 13.9. The van der Waals surface area contributed by atoms with Gasteiger partial charge in [-0.05, 0) is 156 Å². The lowest BCUT2D eigenvalue weighted by Gasteiger charge is -2.47. The van der Waals surface area contributed by atoms with Gasteiger partial charge in [-0.3, -0.25) is 24.7 Å². The molecule has 5 aromatic rings. The summed E-state index contributed by atoms with van der Waals surface area (Å²) in [6.45, 7) is 11.9. The fourth-order valence-electron chi connectivity index (χ4n) is 13.9.